The Morgan fingerprint density at radius 1 is 1.39 bits per heavy atom. The van der Waals surface area contributed by atoms with Gasteiger partial charge in [-0.2, -0.15) is 14.3 Å². The highest BCUT2D eigenvalue weighted by atomic mass is 79.9. The van der Waals surface area contributed by atoms with Crippen LogP contribution in [-0.2, 0) is 6.54 Å². The Kier molecular flexibility index (Phi) is 5.63. The third-order valence-corrected chi connectivity index (χ3v) is 5.67. The average Bonchev–Trinajstić information content (AvgIpc) is 3.08. The molecule has 0 radical (unpaired) electrons. The Labute approximate surface area is 171 Å². The van der Waals surface area contributed by atoms with Crippen molar-refractivity contribution in [1.82, 2.24) is 14.6 Å². The van der Waals surface area contributed by atoms with Crippen molar-refractivity contribution in [2.45, 2.75) is 38.3 Å². The van der Waals surface area contributed by atoms with Gasteiger partial charge >= 0.3 is 0 Å². The number of halogens is 1. The number of piperidine rings is 1. The highest BCUT2D eigenvalue weighted by Gasteiger charge is 2.24. The predicted octanol–water partition coefficient (Wildman–Crippen LogP) is 2.48. The zero-order valence-corrected chi connectivity index (χ0v) is 17.0. The fourth-order valence-corrected chi connectivity index (χ4v) is 4.09. The molecule has 0 unspecified atom stereocenters. The van der Waals surface area contributed by atoms with Crippen LogP contribution in [0.5, 0.6) is 0 Å². The van der Waals surface area contributed by atoms with Crippen LogP contribution in [0.25, 0.3) is 5.65 Å². The van der Waals surface area contributed by atoms with Crippen molar-refractivity contribution in [1.29, 1.82) is 0 Å². The summed E-state index contributed by atoms with van der Waals surface area (Å²) in [5, 5.41) is 28.7. The minimum absolute atomic E-state index is 0.175. The van der Waals surface area contributed by atoms with E-state index in [0.29, 0.717) is 6.54 Å². The molecule has 1 aliphatic rings. The lowest BCUT2D eigenvalue weighted by Crippen LogP contribution is -2.40. The molecule has 1 fully saturated rings. The number of hydrogen-bond donors (Lipinski definition) is 2. The summed E-state index contributed by atoms with van der Waals surface area (Å²) in [6, 6.07) is 5.92. The number of anilines is 2. The molecule has 0 amide bonds. The zero-order valence-electron chi connectivity index (χ0n) is 15.5. The molecule has 4 rings (SSSR count). The smallest absolute Gasteiger partial charge is 0.185 e. The first-order chi connectivity index (χ1) is 13.7. The Balaban J connectivity index is 1.67. The van der Waals surface area contributed by atoms with E-state index in [9.17, 15) is 10.3 Å². The van der Waals surface area contributed by atoms with Crippen LogP contribution in [0.3, 0.4) is 0 Å². The molecule has 0 aliphatic carbocycles. The topological polar surface area (TPSA) is 92.6 Å². The van der Waals surface area contributed by atoms with Crippen molar-refractivity contribution in [2.75, 3.05) is 23.4 Å². The van der Waals surface area contributed by atoms with Gasteiger partial charge in [-0.05, 0) is 47.7 Å². The number of pyridine rings is 1. The van der Waals surface area contributed by atoms with Crippen LogP contribution in [0.1, 0.15) is 31.2 Å². The molecule has 148 valence electrons. The minimum Gasteiger partial charge on any atom is -0.619 e. The summed E-state index contributed by atoms with van der Waals surface area (Å²) in [4.78, 5) is 7.11. The first kappa shape index (κ1) is 18.9. The van der Waals surface area contributed by atoms with Crippen molar-refractivity contribution < 1.29 is 9.84 Å². The van der Waals surface area contributed by atoms with Gasteiger partial charge in [-0.1, -0.05) is 0 Å². The van der Waals surface area contributed by atoms with Crippen LogP contribution in [0.15, 0.2) is 41.3 Å². The van der Waals surface area contributed by atoms with Gasteiger partial charge in [0.1, 0.15) is 11.6 Å². The largest absolute Gasteiger partial charge is 0.619 e. The molecule has 1 aliphatic heterocycles. The zero-order chi connectivity index (χ0) is 19.5. The first-order valence-corrected chi connectivity index (χ1v) is 10.3. The lowest BCUT2D eigenvalue weighted by molar-refractivity contribution is -0.605. The van der Waals surface area contributed by atoms with Gasteiger partial charge in [0.15, 0.2) is 18.0 Å². The van der Waals surface area contributed by atoms with E-state index in [1.54, 1.807) is 23.0 Å². The Hall–Kier alpha value is -2.39. The molecule has 3 aromatic rings. The molecule has 1 saturated heterocycles. The van der Waals surface area contributed by atoms with Gasteiger partial charge in [-0.15, -0.1) is 0 Å². The standard InChI is InChI=1S/C19H23BrN6O2/c20-16-12-22-26-17(21-11-14-4-3-7-24(28)13-14)10-18(23-19(16)26)25-8-2-1-5-15(25)6-9-27/h3-4,7,10,12-13,15,21,27H,1-2,5-6,8-9,11H2/t15-/m0/s1. The lowest BCUT2D eigenvalue weighted by atomic mass is 9.99. The summed E-state index contributed by atoms with van der Waals surface area (Å²) < 4.78 is 3.37. The molecule has 0 spiro atoms. The molecular formula is C19H23BrN6O2. The van der Waals surface area contributed by atoms with E-state index in [-0.39, 0.29) is 12.6 Å². The lowest BCUT2D eigenvalue weighted by Gasteiger charge is -2.36. The molecule has 28 heavy (non-hydrogen) atoms. The molecule has 9 heteroatoms. The highest BCUT2D eigenvalue weighted by molar-refractivity contribution is 9.10. The Morgan fingerprint density at radius 3 is 3.11 bits per heavy atom. The van der Waals surface area contributed by atoms with Crippen LogP contribution >= 0.6 is 15.9 Å². The number of aliphatic hydroxyl groups is 1. The van der Waals surface area contributed by atoms with Gasteiger partial charge < -0.3 is 20.5 Å². The number of aromatic nitrogens is 4. The third kappa shape index (κ3) is 3.90. The van der Waals surface area contributed by atoms with E-state index in [2.05, 4.69) is 31.2 Å². The van der Waals surface area contributed by atoms with Crippen LogP contribution < -0.4 is 14.9 Å². The summed E-state index contributed by atoms with van der Waals surface area (Å²) in [6.45, 7) is 1.60. The molecule has 2 N–H and O–H groups in total. The maximum Gasteiger partial charge on any atom is 0.185 e. The van der Waals surface area contributed by atoms with Crippen molar-refractivity contribution in [3.63, 3.8) is 0 Å². The molecule has 1 atom stereocenters. The van der Waals surface area contributed by atoms with E-state index in [4.69, 9.17) is 4.98 Å². The fourth-order valence-electron chi connectivity index (χ4n) is 3.75. The number of nitrogens with one attached hydrogen (secondary N) is 1. The summed E-state index contributed by atoms with van der Waals surface area (Å²) in [7, 11) is 0. The molecule has 0 bridgehead atoms. The summed E-state index contributed by atoms with van der Waals surface area (Å²) in [6.07, 6.45) is 8.84. The molecular weight excluding hydrogens is 424 g/mol. The minimum atomic E-state index is 0.175. The Bertz CT molecular complexity index is 961. The maximum absolute atomic E-state index is 11.5. The normalized spacial score (nSPS) is 17.2. The molecule has 0 aromatic carbocycles. The Morgan fingerprint density at radius 2 is 2.29 bits per heavy atom. The third-order valence-electron chi connectivity index (χ3n) is 5.11. The predicted molar refractivity (Wildman–Crippen MR) is 110 cm³/mol. The van der Waals surface area contributed by atoms with E-state index in [1.807, 2.05) is 12.1 Å². The van der Waals surface area contributed by atoms with Crippen molar-refractivity contribution >= 4 is 33.2 Å². The van der Waals surface area contributed by atoms with Gasteiger partial charge in [0.05, 0.1) is 10.7 Å². The van der Waals surface area contributed by atoms with E-state index >= 15 is 0 Å². The number of rotatable bonds is 6. The van der Waals surface area contributed by atoms with E-state index in [1.165, 1.54) is 12.6 Å². The van der Waals surface area contributed by atoms with Crippen LogP contribution in [-0.4, -0.2) is 38.9 Å². The van der Waals surface area contributed by atoms with E-state index < -0.39 is 0 Å². The highest BCUT2D eigenvalue weighted by Crippen LogP contribution is 2.29. The number of hydrogen-bond acceptors (Lipinski definition) is 6. The van der Waals surface area contributed by atoms with Gasteiger partial charge in [0, 0.05) is 43.4 Å². The van der Waals surface area contributed by atoms with Crippen LogP contribution in [0.4, 0.5) is 11.6 Å². The quantitative estimate of drug-likeness (QED) is 0.446. The summed E-state index contributed by atoms with van der Waals surface area (Å²) in [5.74, 6) is 1.68. The van der Waals surface area contributed by atoms with Gasteiger partial charge in [-0.25, -0.2) is 4.98 Å². The summed E-state index contributed by atoms with van der Waals surface area (Å²) in [5.41, 5.74) is 1.62. The van der Waals surface area contributed by atoms with Gasteiger partial charge in [0.2, 0.25) is 0 Å². The molecule has 3 aromatic heterocycles. The second-order valence-electron chi connectivity index (χ2n) is 7.01. The van der Waals surface area contributed by atoms with Gasteiger partial charge in [0.25, 0.3) is 0 Å². The second-order valence-corrected chi connectivity index (χ2v) is 7.86. The monoisotopic (exact) mass is 446 g/mol. The molecule has 0 saturated carbocycles. The number of nitrogens with zero attached hydrogens (tertiary/aromatic N) is 5. The fraction of sp³-hybridized carbons (Fsp3) is 0.421. The number of aliphatic hydroxyl groups excluding tert-OH is 1. The maximum atomic E-state index is 11.5. The van der Waals surface area contributed by atoms with Crippen LogP contribution in [0, 0.1) is 5.21 Å². The average molecular weight is 447 g/mol. The van der Waals surface area contributed by atoms with Crippen molar-refractivity contribution in [3.05, 3.63) is 52.0 Å². The van der Waals surface area contributed by atoms with Crippen LogP contribution in [0.2, 0.25) is 0 Å². The van der Waals surface area contributed by atoms with Crippen molar-refractivity contribution in [3.8, 4) is 0 Å². The first-order valence-electron chi connectivity index (χ1n) is 9.49. The van der Waals surface area contributed by atoms with E-state index in [0.717, 1.165) is 57.9 Å². The molecule has 8 nitrogen and oxygen atoms in total. The SMILES string of the molecule is [O-][n+]1cccc(CNc2cc(N3CCCC[C@H]3CCO)nc3c(Br)cnn23)c1. The molecule has 4 heterocycles. The number of fused-ring (bicyclic) bond motifs is 1. The summed E-state index contributed by atoms with van der Waals surface area (Å²) >= 11 is 3.53. The van der Waals surface area contributed by atoms with Crippen molar-refractivity contribution in [2.24, 2.45) is 0 Å². The second kappa shape index (κ2) is 8.32. The van der Waals surface area contributed by atoms with Gasteiger partial charge in [-0.3, -0.25) is 0 Å².